The SMILES string of the molecule is O=S(=O)(O)CCCCN1/C(=C/C=C2C(Cl)=C(/C=C/c3ccc4ccccc4[n+]3CCCCS(=O)(=O)O)c3nc4ccccc4nc3/2)C=Cc2ccccc21. The molecule has 276 valence electrons. The van der Waals surface area contributed by atoms with Crippen LogP contribution < -0.4 is 9.47 Å². The lowest BCUT2D eigenvalue weighted by Gasteiger charge is -2.30. The number of para-hydroxylation sites is 4. The summed E-state index contributed by atoms with van der Waals surface area (Å²) >= 11 is 7.26. The van der Waals surface area contributed by atoms with Crippen LogP contribution in [0.5, 0.6) is 0 Å². The van der Waals surface area contributed by atoms with E-state index in [1.807, 2.05) is 121 Å². The number of unbranched alkanes of at least 4 members (excludes halogenated alkanes) is 2. The summed E-state index contributed by atoms with van der Waals surface area (Å²) < 4.78 is 66.1. The van der Waals surface area contributed by atoms with Gasteiger partial charge in [0.2, 0.25) is 11.2 Å². The number of hydrogen-bond donors (Lipinski definition) is 2. The second-order valence-corrected chi connectivity index (χ2v) is 16.7. The Morgan fingerprint density at radius 3 is 2.13 bits per heavy atom. The highest BCUT2D eigenvalue weighted by molar-refractivity contribution is 7.86. The van der Waals surface area contributed by atoms with Gasteiger partial charge >= 0.3 is 0 Å². The molecule has 1 aliphatic heterocycles. The first-order chi connectivity index (χ1) is 25.9. The quantitative estimate of drug-likeness (QED) is 0.0693. The van der Waals surface area contributed by atoms with Crippen LogP contribution in [-0.4, -0.2) is 54.0 Å². The van der Waals surface area contributed by atoms with Gasteiger partial charge in [0.15, 0.2) is 0 Å². The molecule has 0 amide bonds. The first kappa shape index (κ1) is 37.3. The van der Waals surface area contributed by atoms with Crippen molar-refractivity contribution in [2.24, 2.45) is 0 Å². The zero-order valence-electron chi connectivity index (χ0n) is 29.2. The fourth-order valence-corrected chi connectivity index (χ4v) is 8.27. The van der Waals surface area contributed by atoms with E-state index < -0.39 is 20.2 Å². The van der Waals surface area contributed by atoms with Gasteiger partial charge in [0.25, 0.3) is 20.2 Å². The number of benzene rings is 3. The fourth-order valence-electron chi connectivity index (χ4n) is 6.83. The molecule has 54 heavy (non-hydrogen) atoms. The van der Waals surface area contributed by atoms with E-state index in [0.717, 1.165) is 44.6 Å². The van der Waals surface area contributed by atoms with Gasteiger partial charge in [0.1, 0.15) is 6.54 Å². The average Bonchev–Trinajstić information content (AvgIpc) is 3.40. The number of halogens is 1. The van der Waals surface area contributed by atoms with Gasteiger partial charge in [-0.2, -0.15) is 21.4 Å². The van der Waals surface area contributed by atoms with Crippen LogP contribution in [0.15, 0.2) is 120 Å². The first-order valence-electron chi connectivity index (χ1n) is 17.6. The molecule has 0 unspecified atom stereocenters. The van der Waals surface area contributed by atoms with Crippen LogP contribution in [0.2, 0.25) is 0 Å². The van der Waals surface area contributed by atoms with Gasteiger partial charge in [-0.05, 0) is 79.5 Å². The van der Waals surface area contributed by atoms with E-state index in [9.17, 15) is 25.9 Å². The van der Waals surface area contributed by atoms with Crippen LogP contribution in [0.1, 0.15) is 48.3 Å². The van der Waals surface area contributed by atoms with Crippen molar-refractivity contribution in [3.63, 3.8) is 0 Å². The van der Waals surface area contributed by atoms with Crippen molar-refractivity contribution >= 4 is 82.8 Å². The highest BCUT2D eigenvalue weighted by Crippen LogP contribution is 2.43. The minimum Gasteiger partial charge on any atom is -0.341 e. The number of pyridine rings is 1. The van der Waals surface area contributed by atoms with Gasteiger partial charge in [-0.15, -0.1) is 0 Å². The Morgan fingerprint density at radius 1 is 0.704 bits per heavy atom. The Hall–Kier alpha value is -4.98. The summed E-state index contributed by atoms with van der Waals surface area (Å²) in [6.07, 6.45) is 13.6. The van der Waals surface area contributed by atoms with E-state index in [-0.39, 0.29) is 11.5 Å². The Kier molecular flexibility index (Phi) is 10.9. The van der Waals surface area contributed by atoms with E-state index >= 15 is 0 Å². The third-order valence-electron chi connectivity index (χ3n) is 9.41. The first-order valence-corrected chi connectivity index (χ1v) is 21.2. The Bertz CT molecular complexity index is 2650. The Labute approximate surface area is 319 Å². The minimum absolute atomic E-state index is 0.297. The van der Waals surface area contributed by atoms with Crippen LogP contribution in [-0.2, 0) is 26.8 Å². The summed E-state index contributed by atoms with van der Waals surface area (Å²) in [7, 11) is -8.10. The van der Waals surface area contributed by atoms with Gasteiger partial charge in [0, 0.05) is 59.1 Å². The molecule has 3 aromatic carbocycles. The van der Waals surface area contributed by atoms with Crippen LogP contribution in [0, 0.1) is 0 Å². The van der Waals surface area contributed by atoms with E-state index in [0.29, 0.717) is 66.3 Å². The Balaban J connectivity index is 1.27. The van der Waals surface area contributed by atoms with Crippen LogP contribution >= 0.6 is 11.6 Å². The number of rotatable bonds is 13. The third kappa shape index (κ3) is 8.53. The normalized spacial score (nSPS) is 16.0. The summed E-state index contributed by atoms with van der Waals surface area (Å²) in [5.74, 6) is -0.594. The van der Waals surface area contributed by atoms with E-state index in [2.05, 4.69) is 9.47 Å². The molecule has 2 N–H and O–H groups in total. The molecule has 2 aromatic heterocycles. The van der Waals surface area contributed by atoms with Gasteiger partial charge in [-0.25, -0.2) is 9.97 Å². The molecule has 0 spiro atoms. The smallest absolute Gasteiger partial charge is 0.264 e. The van der Waals surface area contributed by atoms with Crippen molar-refractivity contribution in [2.75, 3.05) is 23.0 Å². The molecular weight excluding hydrogens is 744 g/mol. The molecule has 3 heterocycles. The van der Waals surface area contributed by atoms with Gasteiger partial charge in [0.05, 0.1) is 39.0 Å². The third-order valence-corrected chi connectivity index (χ3v) is 11.4. The Morgan fingerprint density at radius 2 is 1.37 bits per heavy atom. The monoisotopic (exact) mass is 781 g/mol. The van der Waals surface area contributed by atoms with Crippen LogP contribution in [0.4, 0.5) is 5.69 Å². The molecule has 1 aliphatic carbocycles. The number of anilines is 1. The maximum atomic E-state index is 11.4. The van der Waals surface area contributed by atoms with Crippen molar-refractivity contribution in [1.82, 2.24) is 9.97 Å². The predicted molar refractivity (Wildman–Crippen MR) is 216 cm³/mol. The zero-order chi connectivity index (χ0) is 37.9. The molecule has 0 fully saturated rings. The molecule has 0 saturated heterocycles. The van der Waals surface area contributed by atoms with E-state index in [4.69, 9.17) is 21.6 Å². The van der Waals surface area contributed by atoms with Crippen molar-refractivity contribution in [3.05, 3.63) is 143 Å². The fraction of sp³-hybridized carbons (Fsp3) is 0.195. The molecule has 10 nitrogen and oxygen atoms in total. The predicted octanol–water partition coefficient (Wildman–Crippen LogP) is 7.88. The summed E-state index contributed by atoms with van der Waals surface area (Å²) in [4.78, 5) is 12.2. The molecule has 13 heteroatoms. The highest BCUT2D eigenvalue weighted by atomic mass is 35.5. The van der Waals surface area contributed by atoms with Crippen molar-refractivity contribution in [2.45, 2.75) is 32.2 Å². The number of aryl methyl sites for hydroxylation is 1. The molecule has 0 saturated carbocycles. The highest BCUT2D eigenvalue weighted by Gasteiger charge is 2.28. The molecule has 0 bridgehead atoms. The summed E-state index contributed by atoms with van der Waals surface area (Å²) in [6.45, 7) is 1.07. The molecular formula is C41H38ClN4O6S2+. The lowest BCUT2D eigenvalue weighted by atomic mass is 10.0. The second kappa shape index (κ2) is 15.8. The van der Waals surface area contributed by atoms with Gasteiger partial charge < -0.3 is 4.90 Å². The van der Waals surface area contributed by atoms with Gasteiger partial charge in [-0.1, -0.05) is 60.1 Å². The van der Waals surface area contributed by atoms with Crippen molar-refractivity contribution < 1.29 is 30.5 Å². The number of hydrogen-bond acceptors (Lipinski definition) is 7. The zero-order valence-corrected chi connectivity index (χ0v) is 31.6. The van der Waals surface area contributed by atoms with Crippen LogP contribution in [0.25, 0.3) is 45.2 Å². The maximum Gasteiger partial charge on any atom is 0.264 e. The minimum atomic E-state index is -4.05. The molecule has 0 atom stereocenters. The van der Waals surface area contributed by atoms with E-state index in [1.165, 1.54) is 0 Å². The molecule has 2 aliphatic rings. The average molecular weight is 782 g/mol. The maximum absolute atomic E-state index is 11.4. The second-order valence-electron chi connectivity index (χ2n) is 13.1. The van der Waals surface area contributed by atoms with E-state index in [1.54, 1.807) is 0 Å². The van der Waals surface area contributed by atoms with Gasteiger partial charge in [-0.3, -0.25) is 9.11 Å². The number of aromatic nitrogens is 3. The lowest BCUT2D eigenvalue weighted by Crippen LogP contribution is -2.38. The van der Waals surface area contributed by atoms with Crippen molar-refractivity contribution in [3.8, 4) is 0 Å². The standard InChI is InChI=1S/C41H37ClN4O6S2/c42-39-33(23-21-31-19-17-29-11-1-5-15-37(29)45(31)25-7-9-27-53(47,48)49)40-41(44-36-14-4-3-13-35(36)43-40)34(39)24-22-32-20-18-30-12-2-6-16-38(30)46(32)26-8-10-28-54(50,51)52/h1-6,11-24H,7-10,25-28H2,(H-,47,48,49,50,51,52)/p+1. The van der Waals surface area contributed by atoms with Crippen LogP contribution in [0.3, 0.4) is 0 Å². The summed E-state index contributed by atoms with van der Waals surface area (Å²) in [6, 6.07) is 27.7. The summed E-state index contributed by atoms with van der Waals surface area (Å²) in [5, 5.41) is 1.52. The summed E-state index contributed by atoms with van der Waals surface area (Å²) in [5.41, 5.74) is 8.92. The number of allylic oxidation sites excluding steroid dienone is 7. The molecule has 7 rings (SSSR count). The lowest BCUT2D eigenvalue weighted by molar-refractivity contribution is -0.673. The topological polar surface area (TPSA) is 142 Å². The number of fused-ring (bicyclic) bond motifs is 4. The van der Waals surface area contributed by atoms with Crippen molar-refractivity contribution in [1.29, 1.82) is 0 Å². The largest absolute Gasteiger partial charge is 0.341 e. The molecule has 0 radical (unpaired) electrons. The molecule has 5 aromatic rings. The number of nitrogens with zero attached hydrogens (tertiary/aromatic N) is 4.